The van der Waals surface area contributed by atoms with Gasteiger partial charge in [-0.25, -0.2) is 9.97 Å². The monoisotopic (exact) mass is 418 g/mol. The second-order valence-corrected chi connectivity index (χ2v) is 6.80. The van der Waals surface area contributed by atoms with Crippen LogP contribution < -0.4 is 10.6 Å². The molecule has 9 heteroatoms. The standard InChI is InChI=1S/C21H21F3N4O2/c1-14(18-8-7-17(12-27-18)30-13-21(22,23)24)28-19(29)11-15-3-5-16(6-4-15)20-25-9-2-10-26-20/h2-10,12,14,18,27H,11,13H2,1H3,(H,28,29)/t14-,18?/m1/s1. The number of rotatable bonds is 7. The largest absolute Gasteiger partial charge is 0.483 e. The first-order valence-corrected chi connectivity index (χ1v) is 9.30. The van der Waals surface area contributed by atoms with Gasteiger partial charge < -0.3 is 15.4 Å². The van der Waals surface area contributed by atoms with E-state index in [4.69, 9.17) is 0 Å². The van der Waals surface area contributed by atoms with Crippen LogP contribution in [0, 0.1) is 0 Å². The maximum Gasteiger partial charge on any atom is 0.422 e. The Labute approximate surface area is 171 Å². The van der Waals surface area contributed by atoms with E-state index >= 15 is 0 Å². The summed E-state index contributed by atoms with van der Waals surface area (Å²) in [6.45, 7) is 0.460. The Hall–Kier alpha value is -3.36. The molecular formula is C21H21F3N4O2. The number of ether oxygens (including phenoxy) is 1. The number of benzene rings is 1. The molecule has 158 valence electrons. The van der Waals surface area contributed by atoms with Crippen LogP contribution in [-0.4, -0.2) is 40.7 Å². The van der Waals surface area contributed by atoms with E-state index in [1.807, 2.05) is 31.2 Å². The highest BCUT2D eigenvalue weighted by Gasteiger charge is 2.29. The molecule has 0 aliphatic carbocycles. The summed E-state index contributed by atoms with van der Waals surface area (Å²) in [4.78, 5) is 20.7. The summed E-state index contributed by atoms with van der Waals surface area (Å²) >= 11 is 0. The van der Waals surface area contributed by atoms with E-state index in [1.165, 1.54) is 12.3 Å². The third-order valence-corrected chi connectivity index (χ3v) is 4.36. The molecule has 0 saturated carbocycles. The van der Waals surface area contributed by atoms with Crippen molar-refractivity contribution < 1.29 is 22.7 Å². The lowest BCUT2D eigenvalue weighted by Gasteiger charge is -2.25. The van der Waals surface area contributed by atoms with E-state index in [0.29, 0.717) is 5.82 Å². The number of hydrogen-bond donors (Lipinski definition) is 2. The quantitative estimate of drug-likeness (QED) is 0.723. The minimum absolute atomic E-state index is 0.0876. The number of aromatic nitrogens is 2. The number of dihydropyridines is 1. The zero-order valence-electron chi connectivity index (χ0n) is 16.2. The van der Waals surface area contributed by atoms with Crippen molar-refractivity contribution in [1.29, 1.82) is 0 Å². The van der Waals surface area contributed by atoms with Crippen LogP contribution in [0.3, 0.4) is 0 Å². The molecule has 2 atom stereocenters. The van der Waals surface area contributed by atoms with Crippen molar-refractivity contribution in [2.45, 2.75) is 31.6 Å². The van der Waals surface area contributed by atoms with Gasteiger partial charge in [-0.2, -0.15) is 13.2 Å². The third kappa shape index (κ3) is 6.33. The average molecular weight is 418 g/mol. The minimum Gasteiger partial charge on any atom is -0.483 e. The Kier molecular flexibility index (Phi) is 6.71. The summed E-state index contributed by atoms with van der Waals surface area (Å²) in [5, 5.41) is 5.82. The number of amides is 1. The molecule has 1 unspecified atom stereocenters. The molecule has 2 heterocycles. The van der Waals surface area contributed by atoms with Gasteiger partial charge in [0.15, 0.2) is 12.4 Å². The van der Waals surface area contributed by atoms with Crippen molar-refractivity contribution in [3.8, 4) is 11.4 Å². The molecule has 0 saturated heterocycles. The maximum atomic E-state index is 12.3. The predicted octanol–water partition coefficient (Wildman–Crippen LogP) is 3.14. The van der Waals surface area contributed by atoms with E-state index in [2.05, 4.69) is 25.3 Å². The molecule has 6 nitrogen and oxygen atoms in total. The predicted molar refractivity (Wildman–Crippen MR) is 105 cm³/mol. The molecule has 0 spiro atoms. The Bertz CT molecular complexity index is 912. The molecule has 1 aromatic heterocycles. The summed E-state index contributed by atoms with van der Waals surface area (Å²) in [5.41, 5.74) is 1.70. The Morgan fingerprint density at radius 3 is 2.53 bits per heavy atom. The summed E-state index contributed by atoms with van der Waals surface area (Å²) in [5.74, 6) is 0.540. The van der Waals surface area contributed by atoms with Gasteiger partial charge in [0, 0.05) is 30.2 Å². The van der Waals surface area contributed by atoms with Crippen LogP contribution >= 0.6 is 0 Å². The first-order valence-electron chi connectivity index (χ1n) is 9.30. The van der Waals surface area contributed by atoms with Crippen molar-refractivity contribution in [3.63, 3.8) is 0 Å². The fourth-order valence-electron chi connectivity index (χ4n) is 2.85. The number of nitrogens with zero attached hydrogens (tertiary/aromatic N) is 2. The summed E-state index contributed by atoms with van der Waals surface area (Å²) in [6, 6.07) is 8.63. The zero-order valence-corrected chi connectivity index (χ0v) is 16.2. The molecule has 1 aromatic carbocycles. The van der Waals surface area contributed by atoms with Crippen molar-refractivity contribution in [3.05, 3.63) is 72.4 Å². The zero-order chi connectivity index (χ0) is 21.6. The number of alkyl halides is 3. The van der Waals surface area contributed by atoms with Gasteiger partial charge in [-0.05, 0) is 24.6 Å². The average Bonchev–Trinajstić information content (AvgIpc) is 2.73. The molecule has 2 aromatic rings. The highest BCUT2D eigenvalue weighted by atomic mass is 19.4. The lowest BCUT2D eigenvalue weighted by molar-refractivity contribution is -0.164. The van der Waals surface area contributed by atoms with E-state index in [-0.39, 0.29) is 30.2 Å². The lowest BCUT2D eigenvalue weighted by atomic mass is 10.1. The smallest absolute Gasteiger partial charge is 0.422 e. The normalized spacial score (nSPS) is 16.9. The first-order chi connectivity index (χ1) is 14.3. The number of allylic oxidation sites excluding steroid dienone is 1. The van der Waals surface area contributed by atoms with Crippen LogP contribution in [0.15, 0.2) is 66.8 Å². The number of hydrogen-bond acceptors (Lipinski definition) is 5. The van der Waals surface area contributed by atoms with E-state index in [9.17, 15) is 18.0 Å². The SMILES string of the molecule is C[C@@H](NC(=O)Cc1ccc(-c2ncccn2)cc1)C1C=CC(OCC(F)(F)F)=CN1. The Balaban J connectivity index is 1.47. The van der Waals surface area contributed by atoms with Gasteiger partial charge in [0.05, 0.1) is 12.5 Å². The number of carbonyl (C=O) groups excluding carboxylic acids is 1. The third-order valence-electron chi connectivity index (χ3n) is 4.36. The number of halogens is 3. The highest BCUT2D eigenvalue weighted by Crippen LogP contribution is 2.18. The van der Waals surface area contributed by atoms with Crippen LogP contribution in [0.4, 0.5) is 13.2 Å². The Morgan fingerprint density at radius 2 is 1.93 bits per heavy atom. The minimum atomic E-state index is -4.39. The molecule has 0 radical (unpaired) electrons. The fourth-order valence-corrected chi connectivity index (χ4v) is 2.85. The highest BCUT2D eigenvalue weighted by molar-refractivity contribution is 5.79. The van der Waals surface area contributed by atoms with Crippen molar-refractivity contribution >= 4 is 5.91 Å². The van der Waals surface area contributed by atoms with Gasteiger partial charge in [-0.3, -0.25) is 4.79 Å². The van der Waals surface area contributed by atoms with Gasteiger partial charge in [0.25, 0.3) is 0 Å². The Morgan fingerprint density at radius 1 is 1.23 bits per heavy atom. The lowest BCUT2D eigenvalue weighted by Crippen LogP contribution is -2.47. The van der Waals surface area contributed by atoms with Crippen LogP contribution in [-0.2, 0) is 16.0 Å². The van der Waals surface area contributed by atoms with Crippen molar-refractivity contribution in [2.75, 3.05) is 6.61 Å². The molecule has 1 aliphatic heterocycles. The number of nitrogens with one attached hydrogen (secondary N) is 2. The van der Waals surface area contributed by atoms with Gasteiger partial charge in [0.2, 0.25) is 5.91 Å². The van der Waals surface area contributed by atoms with E-state index < -0.39 is 12.8 Å². The van der Waals surface area contributed by atoms with E-state index in [1.54, 1.807) is 24.5 Å². The summed E-state index contributed by atoms with van der Waals surface area (Å²) < 4.78 is 41.3. The molecule has 1 amide bonds. The van der Waals surface area contributed by atoms with Gasteiger partial charge in [0.1, 0.15) is 5.76 Å². The maximum absolute atomic E-state index is 12.3. The molecule has 3 rings (SSSR count). The molecule has 0 fully saturated rings. The summed E-state index contributed by atoms with van der Waals surface area (Å²) in [6.07, 6.45) is 3.62. The molecule has 30 heavy (non-hydrogen) atoms. The molecule has 0 bridgehead atoms. The first kappa shape index (κ1) is 21.4. The van der Waals surface area contributed by atoms with Gasteiger partial charge in [-0.15, -0.1) is 0 Å². The van der Waals surface area contributed by atoms with Crippen molar-refractivity contribution in [1.82, 2.24) is 20.6 Å². The second-order valence-electron chi connectivity index (χ2n) is 6.80. The molecular weight excluding hydrogens is 397 g/mol. The fraction of sp³-hybridized carbons (Fsp3) is 0.286. The number of carbonyl (C=O) groups is 1. The summed E-state index contributed by atoms with van der Waals surface area (Å²) in [7, 11) is 0. The topological polar surface area (TPSA) is 76.1 Å². The van der Waals surface area contributed by atoms with Crippen LogP contribution in [0.5, 0.6) is 0 Å². The van der Waals surface area contributed by atoms with Crippen LogP contribution in [0.25, 0.3) is 11.4 Å². The second kappa shape index (κ2) is 9.43. The molecule has 1 aliphatic rings. The van der Waals surface area contributed by atoms with Crippen LogP contribution in [0.1, 0.15) is 12.5 Å². The van der Waals surface area contributed by atoms with Gasteiger partial charge in [-0.1, -0.05) is 30.3 Å². The van der Waals surface area contributed by atoms with Crippen molar-refractivity contribution in [2.24, 2.45) is 0 Å². The van der Waals surface area contributed by atoms with Gasteiger partial charge >= 0.3 is 6.18 Å². The van der Waals surface area contributed by atoms with E-state index in [0.717, 1.165) is 11.1 Å². The molecule has 2 N–H and O–H groups in total. The van der Waals surface area contributed by atoms with Crippen LogP contribution in [0.2, 0.25) is 0 Å².